The molecular weight excluding hydrogens is 290 g/mol. The van der Waals surface area contributed by atoms with Crippen LogP contribution in [0.1, 0.15) is 40.0 Å². The Morgan fingerprint density at radius 1 is 1.14 bits per heavy atom. The molecule has 0 aromatic rings. The van der Waals surface area contributed by atoms with E-state index in [-0.39, 0.29) is 31.0 Å². The number of amides is 1. The summed E-state index contributed by atoms with van der Waals surface area (Å²) in [5.74, 6) is -0.283. The summed E-state index contributed by atoms with van der Waals surface area (Å²) in [7, 11) is 0. The Morgan fingerprint density at radius 2 is 1.77 bits per heavy atom. The number of likely N-dealkylation sites (tertiary alicyclic amines) is 1. The van der Waals surface area contributed by atoms with Crippen LogP contribution in [0.5, 0.6) is 0 Å². The molecule has 0 aromatic carbocycles. The Labute approximate surface area is 130 Å². The van der Waals surface area contributed by atoms with Crippen LogP contribution in [0.4, 0.5) is 9.59 Å². The van der Waals surface area contributed by atoms with Crippen molar-refractivity contribution < 1.29 is 28.6 Å². The first-order chi connectivity index (χ1) is 10.4. The van der Waals surface area contributed by atoms with Gasteiger partial charge in [-0.1, -0.05) is 13.8 Å². The monoisotopic (exact) mass is 315 g/mol. The van der Waals surface area contributed by atoms with Crippen LogP contribution in [0.25, 0.3) is 0 Å². The number of carbonyl (C=O) groups excluding carboxylic acids is 3. The lowest BCUT2D eigenvalue weighted by atomic mass is 9.94. The predicted octanol–water partition coefficient (Wildman–Crippen LogP) is 2.58. The van der Waals surface area contributed by atoms with Crippen molar-refractivity contribution in [2.75, 3.05) is 26.3 Å². The Hall–Kier alpha value is -1.79. The minimum atomic E-state index is -0.942. The second kappa shape index (κ2) is 9.27. The van der Waals surface area contributed by atoms with Crippen molar-refractivity contribution in [1.82, 2.24) is 4.90 Å². The maximum atomic E-state index is 11.7. The minimum Gasteiger partial charge on any atom is -0.450 e. The molecule has 0 aliphatic carbocycles. The zero-order chi connectivity index (χ0) is 16.5. The van der Waals surface area contributed by atoms with Crippen molar-refractivity contribution in [2.24, 2.45) is 11.8 Å². The van der Waals surface area contributed by atoms with Gasteiger partial charge in [0.15, 0.2) is 0 Å². The quantitative estimate of drug-likeness (QED) is 0.573. The molecule has 0 N–H and O–H groups in total. The lowest BCUT2D eigenvalue weighted by Crippen LogP contribution is -2.39. The van der Waals surface area contributed by atoms with E-state index >= 15 is 0 Å². The number of ether oxygens (including phenoxy) is 3. The molecule has 7 heteroatoms. The van der Waals surface area contributed by atoms with Crippen molar-refractivity contribution >= 4 is 18.2 Å². The molecule has 0 saturated carbocycles. The molecule has 0 bridgehead atoms. The number of hydrogen-bond donors (Lipinski definition) is 0. The third-order valence-corrected chi connectivity index (χ3v) is 3.33. The van der Waals surface area contributed by atoms with Crippen LogP contribution in [0, 0.1) is 11.8 Å². The molecule has 0 radical (unpaired) electrons. The van der Waals surface area contributed by atoms with E-state index in [9.17, 15) is 14.4 Å². The Bertz CT molecular complexity index is 387. The molecule has 1 amide bonds. The smallest absolute Gasteiger partial charge is 0.450 e. The molecule has 22 heavy (non-hydrogen) atoms. The summed E-state index contributed by atoms with van der Waals surface area (Å²) < 4.78 is 14.3. The third-order valence-electron chi connectivity index (χ3n) is 3.33. The van der Waals surface area contributed by atoms with Crippen molar-refractivity contribution in [3.63, 3.8) is 0 Å². The van der Waals surface area contributed by atoms with Gasteiger partial charge in [0.1, 0.15) is 0 Å². The topological polar surface area (TPSA) is 82.1 Å². The summed E-state index contributed by atoms with van der Waals surface area (Å²) in [4.78, 5) is 36.1. The second-order valence-electron chi connectivity index (χ2n) is 5.76. The van der Waals surface area contributed by atoms with Gasteiger partial charge in [-0.2, -0.15) is 0 Å². The molecule has 0 spiro atoms. The predicted molar refractivity (Wildman–Crippen MR) is 78.2 cm³/mol. The van der Waals surface area contributed by atoms with Gasteiger partial charge in [-0.25, -0.2) is 9.59 Å². The van der Waals surface area contributed by atoms with E-state index in [1.807, 2.05) is 13.8 Å². The summed E-state index contributed by atoms with van der Waals surface area (Å²) in [5, 5.41) is 0. The highest BCUT2D eigenvalue weighted by Crippen LogP contribution is 2.21. The molecule has 1 aliphatic rings. The average molecular weight is 315 g/mol. The van der Waals surface area contributed by atoms with Gasteiger partial charge >= 0.3 is 18.2 Å². The molecule has 0 unspecified atom stereocenters. The van der Waals surface area contributed by atoms with E-state index in [4.69, 9.17) is 9.47 Å². The van der Waals surface area contributed by atoms with Crippen LogP contribution in [0.2, 0.25) is 0 Å². The molecule has 1 fully saturated rings. The van der Waals surface area contributed by atoms with Crippen LogP contribution < -0.4 is 0 Å². The highest BCUT2D eigenvalue weighted by Gasteiger charge is 2.26. The first-order valence-electron chi connectivity index (χ1n) is 7.71. The van der Waals surface area contributed by atoms with Crippen molar-refractivity contribution in [1.29, 1.82) is 0 Å². The van der Waals surface area contributed by atoms with Gasteiger partial charge in [-0.15, -0.1) is 0 Å². The van der Waals surface area contributed by atoms with E-state index in [0.717, 1.165) is 0 Å². The molecule has 1 rings (SSSR count). The Balaban J connectivity index is 2.24. The highest BCUT2D eigenvalue weighted by molar-refractivity contribution is 5.81. The third kappa shape index (κ3) is 6.78. The summed E-state index contributed by atoms with van der Waals surface area (Å²) in [6.07, 6.45) is 0.278. The first-order valence-corrected chi connectivity index (χ1v) is 7.71. The van der Waals surface area contributed by atoms with E-state index in [2.05, 4.69) is 4.74 Å². The molecular formula is C15H25NO6. The molecule has 1 heterocycles. The molecule has 0 atom stereocenters. The summed E-state index contributed by atoms with van der Waals surface area (Å²) in [6.45, 7) is 7.23. The highest BCUT2D eigenvalue weighted by atomic mass is 16.7. The molecule has 1 saturated heterocycles. The number of rotatable bonds is 5. The normalized spacial score (nSPS) is 15.5. The lowest BCUT2D eigenvalue weighted by Gasteiger charge is -2.30. The number of esters is 1. The summed E-state index contributed by atoms with van der Waals surface area (Å²) in [5.41, 5.74) is 0. The van der Waals surface area contributed by atoms with Crippen molar-refractivity contribution in [3.05, 3.63) is 0 Å². The maximum Gasteiger partial charge on any atom is 0.516 e. The van der Waals surface area contributed by atoms with Gasteiger partial charge in [0.2, 0.25) is 0 Å². The standard InChI is InChI=1S/C15H25NO6/c1-4-20-14(18)16-7-5-12(6-8-16)9-13(17)22-15(19)21-10-11(2)3/h11-12H,4-10H2,1-3H3. The fourth-order valence-corrected chi connectivity index (χ4v) is 2.17. The van der Waals surface area contributed by atoms with Gasteiger partial charge in [-0.05, 0) is 31.6 Å². The molecule has 126 valence electrons. The number of carbonyl (C=O) groups is 3. The zero-order valence-corrected chi connectivity index (χ0v) is 13.5. The molecule has 1 aliphatic heterocycles. The van der Waals surface area contributed by atoms with Gasteiger partial charge < -0.3 is 19.1 Å². The number of nitrogens with zero attached hydrogens (tertiary/aromatic N) is 1. The van der Waals surface area contributed by atoms with Crippen LogP contribution in [0.3, 0.4) is 0 Å². The van der Waals surface area contributed by atoms with Crippen LogP contribution >= 0.6 is 0 Å². The molecule has 0 aromatic heterocycles. The minimum absolute atomic E-state index is 0.107. The SMILES string of the molecule is CCOC(=O)N1CCC(CC(=O)OC(=O)OCC(C)C)CC1. The van der Waals surface area contributed by atoms with Gasteiger partial charge in [0.25, 0.3) is 0 Å². The fraction of sp³-hybridized carbons (Fsp3) is 0.800. The van der Waals surface area contributed by atoms with Crippen LogP contribution in [-0.2, 0) is 19.0 Å². The van der Waals surface area contributed by atoms with E-state index < -0.39 is 12.1 Å². The summed E-state index contributed by atoms with van der Waals surface area (Å²) >= 11 is 0. The maximum absolute atomic E-state index is 11.7. The average Bonchev–Trinajstić information content (AvgIpc) is 2.46. The number of hydrogen-bond acceptors (Lipinski definition) is 6. The first kappa shape index (κ1) is 18.3. The van der Waals surface area contributed by atoms with Crippen LogP contribution in [-0.4, -0.2) is 49.4 Å². The van der Waals surface area contributed by atoms with Gasteiger partial charge in [0, 0.05) is 19.5 Å². The summed E-state index contributed by atoms with van der Waals surface area (Å²) in [6, 6.07) is 0. The molecule has 7 nitrogen and oxygen atoms in total. The van der Waals surface area contributed by atoms with Crippen molar-refractivity contribution in [3.8, 4) is 0 Å². The fourth-order valence-electron chi connectivity index (χ4n) is 2.17. The van der Waals surface area contributed by atoms with Gasteiger partial charge in [-0.3, -0.25) is 4.79 Å². The Kier molecular flexibility index (Phi) is 7.70. The van der Waals surface area contributed by atoms with E-state index in [1.165, 1.54) is 0 Å². The largest absolute Gasteiger partial charge is 0.516 e. The Morgan fingerprint density at radius 3 is 2.32 bits per heavy atom. The van der Waals surface area contributed by atoms with Crippen molar-refractivity contribution in [2.45, 2.75) is 40.0 Å². The zero-order valence-electron chi connectivity index (χ0n) is 13.5. The number of piperidine rings is 1. The van der Waals surface area contributed by atoms with Crippen LogP contribution in [0.15, 0.2) is 0 Å². The van der Waals surface area contributed by atoms with Gasteiger partial charge in [0.05, 0.1) is 13.2 Å². The van der Waals surface area contributed by atoms with E-state index in [1.54, 1.807) is 11.8 Å². The van der Waals surface area contributed by atoms with E-state index in [0.29, 0.717) is 32.5 Å². The lowest BCUT2D eigenvalue weighted by molar-refractivity contribution is -0.141. The second-order valence-corrected chi connectivity index (χ2v) is 5.76.